The Morgan fingerprint density at radius 2 is 1.69 bits per heavy atom. The molecule has 3 aromatic carbocycles. The van der Waals surface area contributed by atoms with Gasteiger partial charge in [0.15, 0.2) is 0 Å². The van der Waals surface area contributed by atoms with Gasteiger partial charge in [-0.2, -0.15) is 0 Å². The molecule has 0 spiro atoms. The van der Waals surface area contributed by atoms with E-state index in [0.29, 0.717) is 18.0 Å². The van der Waals surface area contributed by atoms with E-state index in [1.54, 1.807) is 0 Å². The molecule has 0 saturated heterocycles. The van der Waals surface area contributed by atoms with Gasteiger partial charge in [-0.25, -0.2) is 0 Å². The zero-order valence-electron chi connectivity index (χ0n) is 15.3. The van der Waals surface area contributed by atoms with Gasteiger partial charge in [0.1, 0.15) is 0 Å². The monoisotopic (exact) mass is 455 g/mol. The summed E-state index contributed by atoms with van der Waals surface area (Å²) in [6.07, 6.45) is 5.17. The molecule has 0 amide bonds. The highest BCUT2D eigenvalue weighted by atomic mass is 127. The van der Waals surface area contributed by atoms with Crippen molar-refractivity contribution in [3.8, 4) is 0 Å². The number of benzene rings is 3. The second kappa shape index (κ2) is 8.10. The third-order valence-electron chi connectivity index (χ3n) is 5.79. The topological polar surface area (TPSA) is 12.0 Å². The molecule has 1 aliphatic carbocycles. The lowest BCUT2D eigenvalue weighted by Crippen LogP contribution is -2.35. The van der Waals surface area contributed by atoms with Gasteiger partial charge < -0.3 is 5.32 Å². The zero-order chi connectivity index (χ0) is 17.9. The second-order valence-corrected chi connectivity index (χ2v) is 8.81. The Kier molecular flexibility index (Phi) is 5.60. The summed E-state index contributed by atoms with van der Waals surface area (Å²) >= 11 is 2.39. The average molecular weight is 455 g/mol. The first-order chi connectivity index (χ1) is 12.7. The van der Waals surface area contributed by atoms with Crippen LogP contribution in [0, 0.1) is 3.57 Å². The first-order valence-corrected chi connectivity index (χ1v) is 10.8. The van der Waals surface area contributed by atoms with Crippen LogP contribution in [0.3, 0.4) is 0 Å². The summed E-state index contributed by atoms with van der Waals surface area (Å²) in [5.41, 5.74) is 2.93. The molecule has 26 heavy (non-hydrogen) atoms. The molecule has 1 nitrogen and oxygen atoms in total. The molecule has 1 aliphatic rings. The summed E-state index contributed by atoms with van der Waals surface area (Å²) in [6.45, 7) is 2.32. The molecule has 0 bridgehead atoms. The fourth-order valence-corrected chi connectivity index (χ4v) is 4.81. The summed E-state index contributed by atoms with van der Waals surface area (Å²) in [6, 6.07) is 25.5. The Morgan fingerprint density at radius 1 is 0.923 bits per heavy atom. The van der Waals surface area contributed by atoms with Crippen molar-refractivity contribution in [2.75, 3.05) is 0 Å². The van der Waals surface area contributed by atoms with Crippen molar-refractivity contribution in [1.82, 2.24) is 5.32 Å². The average Bonchev–Trinajstić information content (AvgIpc) is 2.68. The Balaban J connectivity index is 1.48. The molecule has 4 rings (SSSR count). The fraction of sp³-hybridized carbons (Fsp3) is 0.333. The molecule has 0 unspecified atom stereocenters. The normalized spacial score (nSPS) is 21.6. The number of nitrogens with one attached hydrogen (secondary N) is 1. The van der Waals surface area contributed by atoms with E-state index in [9.17, 15) is 0 Å². The Labute approximate surface area is 170 Å². The van der Waals surface area contributed by atoms with Crippen molar-refractivity contribution < 1.29 is 0 Å². The fourth-order valence-electron chi connectivity index (χ4n) is 4.45. The van der Waals surface area contributed by atoms with Crippen LogP contribution in [0.1, 0.15) is 55.7 Å². The number of rotatable bonds is 4. The van der Waals surface area contributed by atoms with Gasteiger partial charge in [0.25, 0.3) is 0 Å². The van der Waals surface area contributed by atoms with E-state index in [0.717, 1.165) is 0 Å². The highest BCUT2D eigenvalue weighted by Crippen LogP contribution is 2.34. The van der Waals surface area contributed by atoms with Crippen molar-refractivity contribution in [3.05, 3.63) is 81.4 Å². The van der Waals surface area contributed by atoms with Crippen molar-refractivity contribution in [3.63, 3.8) is 0 Å². The predicted octanol–water partition coefficient (Wildman–Crippen LogP) is 6.82. The van der Waals surface area contributed by atoms with E-state index < -0.39 is 0 Å². The maximum absolute atomic E-state index is 3.94. The van der Waals surface area contributed by atoms with Crippen LogP contribution in [0.5, 0.6) is 0 Å². The minimum absolute atomic E-state index is 0.376. The zero-order valence-corrected chi connectivity index (χ0v) is 17.4. The molecule has 0 heterocycles. The molecule has 3 aromatic rings. The maximum Gasteiger partial charge on any atom is 0.0300 e. The molecular formula is C24H26IN. The van der Waals surface area contributed by atoms with E-state index in [1.807, 2.05) is 0 Å². The summed E-state index contributed by atoms with van der Waals surface area (Å²) in [5, 5.41) is 6.64. The molecule has 0 radical (unpaired) electrons. The van der Waals surface area contributed by atoms with Crippen LogP contribution in [0.15, 0.2) is 66.7 Å². The smallest absolute Gasteiger partial charge is 0.0300 e. The van der Waals surface area contributed by atoms with Gasteiger partial charge in [0, 0.05) is 15.7 Å². The molecular weight excluding hydrogens is 429 g/mol. The predicted molar refractivity (Wildman–Crippen MR) is 120 cm³/mol. The maximum atomic E-state index is 3.94. The second-order valence-electron chi connectivity index (χ2n) is 7.57. The van der Waals surface area contributed by atoms with Crippen LogP contribution in [0.4, 0.5) is 0 Å². The summed E-state index contributed by atoms with van der Waals surface area (Å²) in [4.78, 5) is 0. The molecule has 1 fully saturated rings. The molecule has 1 saturated carbocycles. The Hall–Kier alpha value is -1.39. The quantitative estimate of drug-likeness (QED) is 0.426. The van der Waals surface area contributed by atoms with Gasteiger partial charge >= 0.3 is 0 Å². The van der Waals surface area contributed by atoms with Crippen LogP contribution in [-0.2, 0) is 0 Å². The highest BCUT2D eigenvalue weighted by Gasteiger charge is 2.24. The first kappa shape index (κ1) is 18.0. The highest BCUT2D eigenvalue weighted by molar-refractivity contribution is 14.1. The molecule has 134 valence electrons. The van der Waals surface area contributed by atoms with Gasteiger partial charge in [-0.3, -0.25) is 0 Å². The van der Waals surface area contributed by atoms with E-state index in [-0.39, 0.29) is 0 Å². The minimum Gasteiger partial charge on any atom is -0.307 e. The van der Waals surface area contributed by atoms with E-state index >= 15 is 0 Å². The summed E-state index contributed by atoms with van der Waals surface area (Å²) < 4.78 is 1.32. The van der Waals surface area contributed by atoms with E-state index in [4.69, 9.17) is 0 Å². The summed E-state index contributed by atoms with van der Waals surface area (Å²) in [5.74, 6) is 0.693. The molecule has 0 aliphatic heterocycles. The van der Waals surface area contributed by atoms with Crippen molar-refractivity contribution in [2.24, 2.45) is 0 Å². The van der Waals surface area contributed by atoms with Crippen LogP contribution in [0.25, 0.3) is 10.8 Å². The van der Waals surface area contributed by atoms with E-state index in [1.165, 1.54) is 51.2 Å². The molecule has 0 aromatic heterocycles. The standard InChI is InChI=1S/C24H26IN/c1-17(23-11-5-7-19-6-2-3-10-24(19)23)26-22-9-4-8-20(16-22)18-12-14-21(25)15-13-18/h2-3,5-7,10-15,17,20,22,26H,4,8-9,16H2,1H3/t17-,20+,22+/m1/s1. The van der Waals surface area contributed by atoms with Crippen molar-refractivity contribution in [1.29, 1.82) is 0 Å². The Morgan fingerprint density at radius 3 is 2.54 bits per heavy atom. The summed E-state index contributed by atoms with van der Waals surface area (Å²) in [7, 11) is 0. The molecule has 1 N–H and O–H groups in total. The first-order valence-electron chi connectivity index (χ1n) is 9.70. The van der Waals surface area contributed by atoms with Crippen molar-refractivity contribution in [2.45, 2.75) is 50.6 Å². The lowest BCUT2D eigenvalue weighted by molar-refractivity contribution is 0.319. The third-order valence-corrected chi connectivity index (χ3v) is 6.51. The largest absolute Gasteiger partial charge is 0.307 e. The lowest BCUT2D eigenvalue weighted by Gasteiger charge is -2.32. The van der Waals surface area contributed by atoms with Gasteiger partial charge in [-0.1, -0.05) is 61.0 Å². The lowest BCUT2D eigenvalue weighted by atomic mass is 9.81. The van der Waals surface area contributed by atoms with Gasteiger partial charge in [-0.05, 0) is 88.7 Å². The van der Waals surface area contributed by atoms with Gasteiger partial charge in [-0.15, -0.1) is 0 Å². The van der Waals surface area contributed by atoms with Gasteiger partial charge in [0.05, 0.1) is 0 Å². The van der Waals surface area contributed by atoms with Crippen molar-refractivity contribution >= 4 is 33.4 Å². The van der Waals surface area contributed by atoms with E-state index in [2.05, 4.69) is 102 Å². The number of halogens is 1. The third kappa shape index (κ3) is 3.96. The van der Waals surface area contributed by atoms with Crippen LogP contribution < -0.4 is 5.32 Å². The number of hydrogen-bond donors (Lipinski definition) is 1. The van der Waals surface area contributed by atoms with Crippen LogP contribution in [0.2, 0.25) is 0 Å². The van der Waals surface area contributed by atoms with Crippen LogP contribution in [-0.4, -0.2) is 6.04 Å². The van der Waals surface area contributed by atoms with Gasteiger partial charge in [0.2, 0.25) is 0 Å². The molecule has 2 heteroatoms. The Bertz CT molecular complexity index is 866. The van der Waals surface area contributed by atoms with Crippen LogP contribution >= 0.6 is 22.6 Å². The SMILES string of the molecule is C[C@@H](N[C@H]1CCC[C@H](c2ccc(I)cc2)C1)c1cccc2ccccc12. The molecule has 3 atom stereocenters. The number of hydrogen-bond acceptors (Lipinski definition) is 1. The number of fused-ring (bicyclic) bond motifs is 1. The minimum atomic E-state index is 0.376.